The summed E-state index contributed by atoms with van der Waals surface area (Å²) in [4.78, 5) is 6.95. The van der Waals surface area contributed by atoms with Crippen LogP contribution in [0.4, 0.5) is 0 Å². The molecular formula is C16H29ClN4O. The number of nitrogens with zero attached hydrogens (tertiary/aromatic N) is 3. The van der Waals surface area contributed by atoms with E-state index in [2.05, 4.69) is 41.1 Å². The van der Waals surface area contributed by atoms with Crippen LogP contribution in [0.2, 0.25) is 0 Å². The van der Waals surface area contributed by atoms with Gasteiger partial charge in [0, 0.05) is 24.5 Å². The van der Waals surface area contributed by atoms with Crippen LogP contribution in [0.5, 0.6) is 0 Å². The molecule has 1 aromatic heterocycles. The lowest BCUT2D eigenvalue weighted by molar-refractivity contribution is 0.170. The van der Waals surface area contributed by atoms with E-state index in [1.807, 2.05) is 0 Å². The molecule has 5 nitrogen and oxygen atoms in total. The predicted molar refractivity (Wildman–Crippen MR) is 89.3 cm³/mol. The van der Waals surface area contributed by atoms with Crippen molar-refractivity contribution in [2.24, 2.45) is 5.92 Å². The Morgan fingerprint density at radius 1 is 1.18 bits per heavy atom. The Kier molecular flexibility index (Phi) is 5.86. The zero-order valence-corrected chi connectivity index (χ0v) is 14.8. The molecule has 0 aromatic carbocycles. The Hall–Kier alpha value is -0.650. The summed E-state index contributed by atoms with van der Waals surface area (Å²) in [5.74, 6) is 2.53. The van der Waals surface area contributed by atoms with Crippen LogP contribution in [0.25, 0.3) is 0 Å². The van der Waals surface area contributed by atoms with E-state index in [-0.39, 0.29) is 17.8 Å². The molecule has 0 spiro atoms. The highest BCUT2D eigenvalue weighted by Gasteiger charge is 2.26. The highest BCUT2D eigenvalue weighted by Crippen LogP contribution is 2.28. The number of likely N-dealkylation sites (tertiary alicyclic amines) is 1. The number of piperidine rings is 1. The van der Waals surface area contributed by atoms with Gasteiger partial charge < -0.3 is 9.84 Å². The van der Waals surface area contributed by atoms with Crippen molar-refractivity contribution in [2.75, 3.05) is 19.6 Å². The number of hydrogen-bond donors (Lipinski definition) is 1. The second kappa shape index (κ2) is 7.28. The van der Waals surface area contributed by atoms with Crippen LogP contribution in [0.15, 0.2) is 4.52 Å². The van der Waals surface area contributed by atoms with E-state index in [9.17, 15) is 0 Å². The Labute approximate surface area is 139 Å². The van der Waals surface area contributed by atoms with Crippen molar-refractivity contribution in [2.45, 2.75) is 64.5 Å². The fourth-order valence-electron chi connectivity index (χ4n) is 2.77. The molecule has 2 fully saturated rings. The topological polar surface area (TPSA) is 54.2 Å². The van der Waals surface area contributed by atoms with Crippen molar-refractivity contribution < 1.29 is 4.52 Å². The highest BCUT2D eigenvalue weighted by molar-refractivity contribution is 5.85. The fraction of sp³-hybridized carbons (Fsp3) is 0.875. The lowest BCUT2D eigenvalue weighted by Crippen LogP contribution is -2.42. The quantitative estimate of drug-likeness (QED) is 0.900. The molecule has 0 amide bonds. The minimum absolute atomic E-state index is 0. The summed E-state index contributed by atoms with van der Waals surface area (Å²) in [5.41, 5.74) is -0.0402. The lowest BCUT2D eigenvalue weighted by atomic mass is 9.96. The molecule has 1 saturated carbocycles. The first-order valence-corrected chi connectivity index (χ1v) is 8.29. The molecule has 126 valence electrons. The normalized spacial score (nSPS) is 20.9. The van der Waals surface area contributed by atoms with Gasteiger partial charge in [-0.25, -0.2) is 0 Å². The zero-order valence-electron chi connectivity index (χ0n) is 14.0. The van der Waals surface area contributed by atoms with Gasteiger partial charge in [0.2, 0.25) is 5.89 Å². The van der Waals surface area contributed by atoms with E-state index in [1.165, 1.54) is 32.2 Å². The molecule has 1 aliphatic carbocycles. The molecule has 1 aliphatic heterocycles. The van der Waals surface area contributed by atoms with Gasteiger partial charge in [0.15, 0.2) is 5.82 Å². The van der Waals surface area contributed by atoms with Gasteiger partial charge in [-0.05, 0) is 38.1 Å². The monoisotopic (exact) mass is 328 g/mol. The predicted octanol–water partition coefficient (Wildman–Crippen LogP) is 2.75. The minimum Gasteiger partial charge on any atom is -0.338 e. The van der Waals surface area contributed by atoms with Crippen molar-refractivity contribution in [3.63, 3.8) is 0 Å². The first-order chi connectivity index (χ1) is 10.0. The fourth-order valence-corrected chi connectivity index (χ4v) is 2.77. The summed E-state index contributed by atoms with van der Waals surface area (Å²) in [7, 11) is 0. The third-order valence-electron chi connectivity index (χ3n) is 4.48. The number of aromatic nitrogens is 2. The van der Waals surface area contributed by atoms with Crippen LogP contribution in [0, 0.1) is 5.92 Å². The average molecular weight is 329 g/mol. The summed E-state index contributed by atoms with van der Waals surface area (Å²) in [5, 5.41) is 7.81. The average Bonchev–Trinajstić information content (AvgIpc) is 3.14. The lowest BCUT2D eigenvalue weighted by Gasteiger charge is -2.31. The number of hydrogen-bond acceptors (Lipinski definition) is 5. The molecule has 2 heterocycles. The van der Waals surface area contributed by atoms with Crippen LogP contribution in [-0.4, -0.2) is 40.7 Å². The second-order valence-electron chi connectivity index (χ2n) is 7.66. The maximum absolute atomic E-state index is 5.39. The molecule has 0 radical (unpaired) electrons. The Morgan fingerprint density at radius 3 is 2.41 bits per heavy atom. The molecular weight excluding hydrogens is 300 g/mol. The van der Waals surface area contributed by atoms with Gasteiger partial charge in [0.25, 0.3) is 0 Å². The van der Waals surface area contributed by atoms with E-state index in [0.29, 0.717) is 6.04 Å². The van der Waals surface area contributed by atoms with Gasteiger partial charge in [-0.15, -0.1) is 12.4 Å². The first kappa shape index (κ1) is 17.7. The molecule has 1 saturated heterocycles. The van der Waals surface area contributed by atoms with Crippen molar-refractivity contribution in [3.05, 3.63) is 11.7 Å². The molecule has 0 atom stereocenters. The van der Waals surface area contributed by atoms with Gasteiger partial charge in [0.05, 0.1) is 6.54 Å². The molecule has 22 heavy (non-hydrogen) atoms. The summed E-state index contributed by atoms with van der Waals surface area (Å²) in [6.45, 7) is 10.6. The van der Waals surface area contributed by atoms with Crippen LogP contribution in [0.3, 0.4) is 0 Å². The van der Waals surface area contributed by atoms with Crippen molar-refractivity contribution in [1.82, 2.24) is 20.4 Å². The van der Waals surface area contributed by atoms with Gasteiger partial charge >= 0.3 is 0 Å². The molecule has 3 rings (SSSR count). The SMILES string of the molecule is CC(C)(C)c1noc(CN2CCC(NCC3CC3)CC2)n1.Cl. The van der Waals surface area contributed by atoms with Crippen molar-refractivity contribution in [1.29, 1.82) is 0 Å². The van der Waals surface area contributed by atoms with Gasteiger partial charge in [-0.2, -0.15) is 4.98 Å². The summed E-state index contributed by atoms with van der Waals surface area (Å²) < 4.78 is 5.39. The number of nitrogens with one attached hydrogen (secondary N) is 1. The molecule has 0 unspecified atom stereocenters. The number of rotatable bonds is 5. The second-order valence-corrected chi connectivity index (χ2v) is 7.66. The maximum Gasteiger partial charge on any atom is 0.240 e. The van der Waals surface area contributed by atoms with Gasteiger partial charge in [0.1, 0.15) is 0 Å². The zero-order chi connectivity index (χ0) is 14.9. The molecule has 1 aromatic rings. The van der Waals surface area contributed by atoms with Crippen molar-refractivity contribution in [3.8, 4) is 0 Å². The molecule has 0 bridgehead atoms. The number of halogens is 1. The van der Waals surface area contributed by atoms with Crippen molar-refractivity contribution >= 4 is 12.4 Å². The van der Waals surface area contributed by atoms with E-state index < -0.39 is 0 Å². The summed E-state index contributed by atoms with van der Waals surface area (Å²) in [6.07, 6.45) is 5.32. The summed E-state index contributed by atoms with van der Waals surface area (Å²) >= 11 is 0. The minimum atomic E-state index is -0.0402. The van der Waals surface area contributed by atoms with E-state index in [1.54, 1.807) is 0 Å². The molecule has 1 N–H and O–H groups in total. The first-order valence-electron chi connectivity index (χ1n) is 8.29. The largest absolute Gasteiger partial charge is 0.338 e. The Balaban J connectivity index is 0.00000176. The van der Waals surface area contributed by atoms with E-state index in [4.69, 9.17) is 4.52 Å². The molecule has 2 aliphatic rings. The van der Waals surface area contributed by atoms with E-state index in [0.717, 1.165) is 37.3 Å². The van der Waals surface area contributed by atoms with Crippen LogP contribution >= 0.6 is 12.4 Å². The maximum atomic E-state index is 5.39. The third-order valence-corrected chi connectivity index (χ3v) is 4.48. The smallest absolute Gasteiger partial charge is 0.240 e. The Bertz CT molecular complexity index is 459. The standard InChI is InChI=1S/C16H28N4O.ClH/c1-16(2,3)15-18-14(21-19-15)11-20-8-6-13(7-9-20)17-10-12-4-5-12;/h12-13,17H,4-11H2,1-3H3;1H. The van der Waals surface area contributed by atoms with Crippen LogP contribution in [0.1, 0.15) is 58.2 Å². The van der Waals surface area contributed by atoms with Crippen LogP contribution < -0.4 is 5.32 Å². The van der Waals surface area contributed by atoms with Gasteiger partial charge in [-0.1, -0.05) is 25.9 Å². The Morgan fingerprint density at radius 2 is 1.86 bits per heavy atom. The summed E-state index contributed by atoms with van der Waals surface area (Å²) in [6, 6.07) is 0.703. The van der Waals surface area contributed by atoms with E-state index >= 15 is 0 Å². The van der Waals surface area contributed by atoms with Gasteiger partial charge in [-0.3, -0.25) is 4.90 Å². The van der Waals surface area contributed by atoms with Crippen LogP contribution in [-0.2, 0) is 12.0 Å². The third kappa shape index (κ3) is 4.93. The highest BCUT2D eigenvalue weighted by atomic mass is 35.5. The molecule has 6 heteroatoms.